The molecule has 0 bridgehead atoms. The Morgan fingerprint density at radius 3 is 3.06 bits per heavy atom. The highest BCUT2D eigenvalue weighted by Crippen LogP contribution is 2.29. The molecule has 1 heterocycles. The molecule has 0 saturated carbocycles. The van der Waals surface area contributed by atoms with Crippen molar-refractivity contribution >= 4 is 11.7 Å². The molecular formula is C14H17NO2. The van der Waals surface area contributed by atoms with E-state index in [0.717, 1.165) is 37.9 Å². The van der Waals surface area contributed by atoms with Gasteiger partial charge >= 0.3 is 5.97 Å². The maximum Gasteiger partial charge on any atom is 0.335 e. The van der Waals surface area contributed by atoms with E-state index < -0.39 is 5.97 Å². The number of nitrogens with zero attached hydrogens (tertiary/aromatic N) is 1. The van der Waals surface area contributed by atoms with Crippen molar-refractivity contribution in [3.63, 3.8) is 0 Å². The predicted octanol–water partition coefficient (Wildman–Crippen LogP) is 2.71. The van der Waals surface area contributed by atoms with Gasteiger partial charge in [0, 0.05) is 18.8 Å². The lowest BCUT2D eigenvalue weighted by Gasteiger charge is -2.18. The summed E-state index contributed by atoms with van der Waals surface area (Å²) in [7, 11) is 0. The number of anilines is 1. The number of benzene rings is 1. The van der Waals surface area contributed by atoms with Gasteiger partial charge in [0.1, 0.15) is 0 Å². The van der Waals surface area contributed by atoms with Crippen LogP contribution in [0.2, 0.25) is 0 Å². The summed E-state index contributed by atoms with van der Waals surface area (Å²) in [5, 5.41) is 8.93. The van der Waals surface area contributed by atoms with E-state index in [9.17, 15) is 4.79 Å². The van der Waals surface area contributed by atoms with Crippen molar-refractivity contribution in [2.24, 2.45) is 0 Å². The van der Waals surface area contributed by atoms with E-state index in [1.165, 1.54) is 5.69 Å². The van der Waals surface area contributed by atoms with E-state index in [0.29, 0.717) is 5.56 Å². The summed E-state index contributed by atoms with van der Waals surface area (Å²) in [5.41, 5.74) is 2.74. The largest absolute Gasteiger partial charge is 0.478 e. The quantitative estimate of drug-likeness (QED) is 0.625. The van der Waals surface area contributed by atoms with Gasteiger partial charge in [0.25, 0.3) is 0 Å². The highest BCUT2D eigenvalue weighted by molar-refractivity contribution is 5.88. The normalized spacial score (nSPS) is 13.5. The monoisotopic (exact) mass is 231 g/mol. The lowest BCUT2D eigenvalue weighted by Crippen LogP contribution is -2.21. The number of carbonyl (C=O) groups is 1. The number of carboxylic acids is 1. The van der Waals surface area contributed by atoms with Crippen LogP contribution in [-0.2, 0) is 6.42 Å². The lowest BCUT2D eigenvalue weighted by atomic mass is 10.1. The Labute approximate surface area is 101 Å². The summed E-state index contributed by atoms with van der Waals surface area (Å²) >= 11 is 0. The average molecular weight is 231 g/mol. The van der Waals surface area contributed by atoms with Crippen LogP contribution in [-0.4, -0.2) is 24.2 Å². The summed E-state index contributed by atoms with van der Waals surface area (Å²) < 4.78 is 0. The maximum atomic E-state index is 10.9. The van der Waals surface area contributed by atoms with Gasteiger partial charge in [-0.25, -0.2) is 4.79 Å². The van der Waals surface area contributed by atoms with Crippen molar-refractivity contribution in [3.05, 3.63) is 42.0 Å². The second-order valence-corrected chi connectivity index (χ2v) is 4.32. The molecule has 0 radical (unpaired) electrons. The van der Waals surface area contributed by atoms with Gasteiger partial charge in [-0.3, -0.25) is 0 Å². The Balaban J connectivity index is 2.10. The van der Waals surface area contributed by atoms with Gasteiger partial charge in [0.05, 0.1) is 5.56 Å². The number of aromatic carboxylic acids is 1. The molecule has 3 heteroatoms. The minimum atomic E-state index is -0.849. The number of unbranched alkanes of at least 4 members (excludes halogenated alkanes) is 1. The van der Waals surface area contributed by atoms with E-state index in [1.807, 2.05) is 12.1 Å². The Morgan fingerprint density at radius 1 is 1.53 bits per heavy atom. The van der Waals surface area contributed by atoms with Gasteiger partial charge < -0.3 is 10.0 Å². The molecule has 1 N–H and O–H groups in total. The molecule has 1 aromatic carbocycles. The molecule has 17 heavy (non-hydrogen) atoms. The van der Waals surface area contributed by atoms with Crippen LogP contribution in [0.3, 0.4) is 0 Å². The summed E-state index contributed by atoms with van der Waals surface area (Å²) in [6, 6.07) is 5.41. The second-order valence-electron chi connectivity index (χ2n) is 4.32. The number of hydrogen-bond acceptors (Lipinski definition) is 2. The molecule has 1 aliphatic rings. The molecule has 0 aliphatic carbocycles. The van der Waals surface area contributed by atoms with Crippen LogP contribution < -0.4 is 4.90 Å². The third kappa shape index (κ3) is 2.49. The van der Waals surface area contributed by atoms with Crippen molar-refractivity contribution in [3.8, 4) is 0 Å². The van der Waals surface area contributed by atoms with Crippen molar-refractivity contribution in [2.75, 3.05) is 18.0 Å². The summed E-state index contributed by atoms with van der Waals surface area (Å²) in [5.74, 6) is -0.849. The molecule has 1 aliphatic heterocycles. The van der Waals surface area contributed by atoms with Gasteiger partial charge in [-0.15, -0.1) is 6.58 Å². The third-order valence-electron chi connectivity index (χ3n) is 3.15. The van der Waals surface area contributed by atoms with Gasteiger partial charge in [0.2, 0.25) is 0 Å². The molecule has 1 aromatic rings. The molecule has 0 unspecified atom stereocenters. The Hall–Kier alpha value is -1.77. The summed E-state index contributed by atoms with van der Waals surface area (Å²) in [4.78, 5) is 13.2. The van der Waals surface area contributed by atoms with Gasteiger partial charge in [-0.2, -0.15) is 0 Å². The zero-order valence-electron chi connectivity index (χ0n) is 9.85. The van der Waals surface area contributed by atoms with E-state index in [-0.39, 0.29) is 0 Å². The third-order valence-corrected chi connectivity index (χ3v) is 3.15. The fourth-order valence-corrected chi connectivity index (χ4v) is 2.26. The van der Waals surface area contributed by atoms with Crippen LogP contribution in [0.25, 0.3) is 0 Å². The van der Waals surface area contributed by atoms with Crippen LogP contribution >= 0.6 is 0 Å². The van der Waals surface area contributed by atoms with Crippen molar-refractivity contribution in [2.45, 2.75) is 19.3 Å². The van der Waals surface area contributed by atoms with Gasteiger partial charge in [-0.1, -0.05) is 6.08 Å². The first kappa shape index (κ1) is 11.7. The summed E-state index contributed by atoms with van der Waals surface area (Å²) in [6.07, 6.45) is 5.01. The Kier molecular flexibility index (Phi) is 3.47. The zero-order valence-corrected chi connectivity index (χ0v) is 9.85. The lowest BCUT2D eigenvalue weighted by molar-refractivity contribution is 0.0697. The first-order valence-electron chi connectivity index (χ1n) is 5.94. The van der Waals surface area contributed by atoms with Crippen LogP contribution in [0.15, 0.2) is 30.9 Å². The second kappa shape index (κ2) is 5.04. The molecule has 2 rings (SSSR count). The van der Waals surface area contributed by atoms with E-state index in [1.54, 1.807) is 12.1 Å². The predicted molar refractivity (Wildman–Crippen MR) is 68.7 cm³/mol. The molecule has 90 valence electrons. The molecule has 0 fully saturated rings. The Morgan fingerprint density at radius 2 is 2.35 bits per heavy atom. The standard InChI is InChI=1S/C14H17NO2/c1-2-3-4-8-15-9-7-11-10-12(14(16)17)5-6-13(11)15/h2,5-6,10H,1,3-4,7-9H2,(H,16,17). The highest BCUT2D eigenvalue weighted by atomic mass is 16.4. The van der Waals surface area contributed by atoms with Gasteiger partial charge in [-0.05, 0) is 43.0 Å². The molecule has 3 nitrogen and oxygen atoms in total. The molecule has 0 spiro atoms. The smallest absolute Gasteiger partial charge is 0.335 e. The molecular weight excluding hydrogens is 214 g/mol. The Bertz CT molecular complexity index is 440. The molecule has 0 aromatic heterocycles. The molecule has 0 atom stereocenters. The topological polar surface area (TPSA) is 40.5 Å². The minimum absolute atomic E-state index is 0.386. The number of allylic oxidation sites excluding steroid dienone is 1. The highest BCUT2D eigenvalue weighted by Gasteiger charge is 2.19. The van der Waals surface area contributed by atoms with Crippen LogP contribution in [0, 0.1) is 0 Å². The fourth-order valence-electron chi connectivity index (χ4n) is 2.26. The fraction of sp³-hybridized carbons (Fsp3) is 0.357. The maximum absolute atomic E-state index is 10.9. The number of rotatable bonds is 5. The summed E-state index contributed by atoms with van der Waals surface area (Å²) in [6.45, 7) is 5.73. The van der Waals surface area contributed by atoms with Gasteiger partial charge in [0.15, 0.2) is 0 Å². The SMILES string of the molecule is C=CCCCN1CCc2cc(C(=O)O)ccc21. The number of hydrogen-bond donors (Lipinski definition) is 1. The van der Waals surface area contributed by atoms with Crippen LogP contribution in [0.4, 0.5) is 5.69 Å². The first-order valence-corrected chi connectivity index (χ1v) is 5.94. The first-order chi connectivity index (χ1) is 8.22. The number of carboxylic acid groups (broad SMARTS) is 1. The molecule has 0 amide bonds. The minimum Gasteiger partial charge on any atom is -0.478 e. The van der Waals surface area contributed by atoms with Crippen molar-refractivity contribution < 1.29 is 9.90 Å². The average Bonchev–Trinajstić information content (AvgIpc) is 2.72. The van der Waals surface area contributed by atoms with E-state index >= 15 is 0 Å². The van der Waals surface area contributed by atoms with E-state index in [4.69, 9.17) is 5.11 Å². The van der Waals surface area contributed by atoms with Crippen molar-refractivity contribution in [1.29, 1.82) is 0 Å². The van der Waals surface area contributed by atoms with Crippen LogP contribution in [0.5, 0.6) is 0 Å². The molecule has 0 saturated heterocycles. The van der Waals surface area contributed by atoms with Crippen LogP contribution in [0.1, 0.15) is 28.8 Å². The number of fused-ring (bicyclic) bond motifs is 1. The van der Waals surface area contributed by atoms with Crippen molar-refractivity contribution in [1.82, 2.24) is 0 Å². The zero-order chi connectivity index (χ0) is 12.3. The van der Waals surface area contributed by atoms with E-state index in [2.05, 4.69) is 11.5 Å².